The summed E-state index contributed by atoms with van der Waals surface area (Å²) in [5.74, 6) is 0.388. The second kappa shape index (κ2) is 6.84. The normalized spacial score (nSPS) is 16.0. The highest BCUT2D eigenvalue weighted by Gasteiger charge is 2.19. The number of ether oxygens (including phenoxy) is 1. The first-order chi connectivity index (χ1) is 12.7. The van der Waals surface area contributed by atoms with Crippen LogP contribution in [0.5, 0.6) is 0 Å². The largest absolute Gasteiger partial charge is 0.475 e. The van der Waals surface area contributed by atoms with Crippen molar-refractivity contribution in [1.29, 1.82) is 0 Å². The third kappa shape index (κ3) is 3.21. The fourth-order valence-electron chi connectivity index (χ4n) is 2.78. The molecule has 0 unspecified atom stereocenters. The van der Waals surface area contributed by atoms with Gasteiger partial charge < -0.3 is 10.1 Å². The fraction of sp³-hybridized carbons (Fsp3) is 0.150. The molecule has 0 spiro atoms. The Balaban J connectivity index is 1.55. The summed E-state index contributed by atoms with van der Waals surface area (Å²) in [6.45, 7) is 2.56. The number of amides is 1. The first kappa shape index (κ1) is 16.1. The van der Waals surface area contributed by atoms with Crippen molar-refractivity contribution in [2.75, 3.05) is 11.9 Å². The van der Waals surface area contributed by atoms with Crippen LogP contribution in [-0.4, -0.2) is 34.2 Å². The van der Waals surface area contributed by atoms with Crippen molar-refractivity contribution in [2.45, 2.75) is 13.0 Å². The number of aromatic nitrogens is 2. The Morgan fingerprint density at radius 3 is 2.65 bits per heavy atom. The summed E-state index contributed by atoms with van der Waals surface area (Å²) >= 11 is 0. The second-order valence-corrected chi connectivity index (χ2v) is 6.09. The number of hydrogen-bond acceptors (Lipinski definition) is 4. The zero-order valence-electron chi connectivity index (χ0n) is 14.3. The summed E-state index contributed by atoms with van der Waals surface area (Å²) in [7, 11) is 0. The minimum atomic E-state index is -0.184. The average molecular weight is 346 g/mol. The molecule has 4 rings (SSSR count). The summed E-state index contributed by atoms with van der Waals surface area (Å²) in [4.78, 5) is 17.1. The number of benzene rings is 2. The highest BCUT2D eigenvalue weighted by atomic mass is 16.5. The van der Waals surface area contributed by atoms with Crippen LogP contribution in [0.4, 0.5) is 5.69 Å². The van der Waals surface area contributed by atoms with Gasteiger partial charge in [0.15, 0.2) is 0 Å². The van der Waals surface area contributed by atoms with Crippen LogP contribution >= 0.6 is 0 Å². The van der Waals surface area contributed by atoms with Gasteiger partial charge in [-0.1, -0.05) is 12.1 Å². The third-order valence-corrected chi connectivity index (χ3v) is 4.10. The molecule has 0 saturated heterocycles. The Hall–Kier alpha value is -3.41. The topological polar surface area (TPSA) is 68.5 Å². The van der Waals surface area contributed by atoms with Gasteiger partial charge in [-0.05, 0) is 49.4 Å². The predicted octanol–water partition coefficient (Wildman–Crippen LogP) is 3.29. The Kier molecular flexibility index (Phi) is 4.23. The third-order valence-electron chi connectivity index (χ3n) is 4.10. The number of rotatable bonds is 4. The lowest BCUT2D eigenvalue weighted by Crippen LogP contribution is -2.15. The van der Waals surface area contributed by atoms with Gasteiger partial charge in [-0.3, -0.25) is 4.79 Å². The number of para-hydroxylation sites is 1. The van der Waals surface area contributed by atoms with Gasteiger partial charge in [0.2, 0.25) is 5.90 Å². The SMILES string of the molecule is C[C@H]1COC(c2ccccc2NC(=O)c2ccc(-n3cccn3)cc2)=N1. The molecule has 0 aliphatic carbocycles. The van der Waals surface area contributed by atoms with Crippen LogP contribution in [0, 0.1) is 0 Å². The van der Waals surface area contributed by atoms with Gasteiger partial charge in [0.05, 0.1) is 23.0 Å². The van der Waals surface area contributed by atoms with Gasteiger partial charge in [0.25, 0.3) is 5.91 Å². The summed E-state index contributed by atoms with van der Waals surface area (Å²) in [6.07, 6.45) is 3.57. The molecule has 1 aliphatic heterocycles. The minimum Gasteiger partial charge on any atom is -0.475 e. The number of nitrogens with zero attached hydrogens (tertiary/aromatic N) is 3. The van der Waals surface area contributed by atoms with Crippen LogP contribution in [0.3, 0.4) is 0 Å². The molecule has 3 aromatic rings. The summed E-state index contributed by atoms with van der Waals surface area (Å²) in [5, 5.41) is 7.13. The molecule has 0 fully saturated rings. The Labute approximate surface area is 151 Å². The van der Waals surface area contributed by atoms with Crippen LogP contribution in [0.1, 0.15) is 22.8 Å². The van der Waals surface area contributed by atoms with E-state index in [1.54, 1.807) is 23.0 Å². The zero-order valence-corrected chi connectivity index (χ0v) is 14.3. The molecule has 1 aliphatic rings. The molecular formula is C20H18N4O2. The van der Waals surface area contributed by atoms with Gasteiger partial charge in [0.1, 0.15) is 6.61 Å². The Morgan fingerprint density at radius 1 is 1.15 bits per heavy atom. The van der Waals surface area contributed by atoms with E-state index in [0.29, 0.717) is 23.8 Å². The molecule has 130 valence electrons. The Morgan fingerprint density at radius 2 is 1.96 bits per heavy atom. The number of anilines is 1. The first-order valence-corrected chi connectivity index (χ1v) is 8.42. The van der Waals surface area contributed by atoms with Gasteiger partial charge in [-0.15, -0.1) is 0 Å². The highest BCUT2D eigenvalue weighted by molar-refractivity contribution is 6.09. The number of nitrogens with one attached hydrogen (secondary N) is 1. The first-order valence-electron chi connectivity index (χ1n) is 8.42. The molecular weight excluding hydrogens is 328 g/mol. The van der Waals surface area contributed by atoms with E-state index in [1.807, 2.05) is 55.6 Å². The van der Waals surface area contributed by atoms with E-state index < -0.39 is 0 Å². The fourth-order valence-corrected chi connectivity index (χ4v) is 2.78. The van der Waals surface area contributed by atoms with Crippen molar-refractivity contribution in [3.05, 3.63) is 78.1 Å². The monoisotopic (exact) mass is 346 g/mol. The van der Waals surface area contributed by atoms with Crippen molar-refractivity contribution < 1.29 is 9.53 Å². The standard InChI is InChI=1S/C20H18N4O2/c1-14-13-26-20(22-14)17-5-2-3-6-18(17)23-19(25)15-7-9-16(10-8-15)24-12-4-11-21-24/h2-12,14H,13H2,1H3,(H,23,25)/t14-/m0/s1. The number of hydrogen-bond donors (Lipinski definition) is 1. The molecule has 0 radical (unpaired) electrons. The molecule has 0 saturated carbocycles. The van der Waals surface area contributed by atoms with Crippen molar-refractivity contribution in [3.63, 3.8) is 0 Å². The molecule has 26 heavy (non-hydrogen) atoms. The number of aliphatic imine (C=N–C) groups is 1. The molecule has 0 bridgehead atoms. The zero-order chi connectivity index (χ0) is 17.9. The smallest absolute Gasteiger partial charge is 0.255 e. The van der Waals surface area contributed by atoms with Gasteiger partial charge in [-0.25, -0.2) is 9.67 Å². The minimum absolute atomic E-state index is 0.128. The van der Waals surface area contributed by atoms with E-state index in [2.05, 4.69) is 15.4 Å². The van der Waals surface area contributed by atoms with Crippen LogP contribution in [0.2, 0.25) is 0 Å². The molecule has 6 heteroatoms. The lowest BCUT2D eigenvalue weighted by Gasteiger charge is -2.11. The van der Waals surface area contributed by atoms with Crippen molar-refractivity contribution in [2.24, 2.45) is 4.99 Å². The Bertz CT molecular complexity index is 946. The molecule has 6 nitrogen and oxygen atoms in total. The van der Waals surface area contributed by atoms with Gasteiger partial charge >= 0.3 is 0 Å². The summed E-state index contributed by atoms with van der Waals surface area (Å²) in [6, 6.07) is 16.8. The van der Waals surface area contributed by atoms with Crippen LogP contribution in [0.25, 0.3) is 5.69 Å². The summed E-state index contributed by atoms with van der Waals surface area (Å²) in [5.41, 5.74) is 2.94. The quantitative estimate of drug-likeness (QED) is 0.788. The summed E-state index contributed by atoms with van der Waals surface area (Å²) < 4.78 is 7.37. The van der Waals surface area contributed by atoms with Crippen molar-refractivity contribution >= 4 is 17.5 Å². The van der Waals surface area contributed by atoms with E-state index in [-0.39, 0.29) is 11.9 Å². The molecule has 1 amide bonds. The van der Waals surface area contributed by atoms with E-state index in [9.17, 15) is 4.79 Å². The lowest BCUT2D eigenvalue weighted by atomic mass is 10.1. The average Bonchev–Trinajstić information content (AvgIpc) is 3.34. The lowest BCUT2D eigenvalue weighted by molar-refractivity contribution is 0.102. The van der Waals surface area contributed by atoms with Crippen molar-refractivity contribution in [3.8, 4) is 5.69 Å². The maximum atomic E-state index is 12.6. The second-order valence-electron chi connectivity index (χ2n) is 6.09. The maximum absolute atomic E-state index is 12.6. The van der Waals surface area contributed by atoms with Crippen LogP contribution in [0.15, 0.2) is 72.0 Å². The predicted molar refractivity (Wildman–Crippen MR) is 99.9 cm³/mol. The van der Waals surface area contributed by atoms with E-state index in [4.69, 9.17) is 4.74 Å². The molecule has 1 aromatic heterocycles. The maximum Gasteiger partial charge on any atom is 0.255 e. The van der Waals surface area contributed by atoms with Crippen LogP contribution in [-0.2, 0) is 4.74 Å². The van der Waals surface area contributed by atoms with E-state index >= 15 is 0 Å². The molecule has 1 N–H and O–H groups in total. The van der Waals surface area contributed by atoms with E-state index in [0.717, 1.165) is 11.3 Å². The molecule has 2 heterocycles. The van der Waals surface area contributed by atoms with Crippen LogP contribution < -0.4 is 5.32 Å². The van der Waals surface area contributed by atoms with Crippen molar-refractivity contribution in [1.82, 2.24) is 9.78 Å². The molecule has 2 aromatic carbocycles. The number of carbonyl (C=O) groups excluding carboxylic acids is 1. The number of carbonyl (C=O) groups is 1. The van der Waals surface area contributed by atoms with Gasteiger partial charge in [-0.2, -0.15) is 5.10 Å². The van der Waals surface area contributed by atoms with Gasteiger partial charge in [0, 0.05) is 18.0 Å². The molecule has 1 atom stereocenters. The van der Waals surface area contributed by atoms with E-state index in [1.165, 1.54) is 0 Å². The highest BCUT2D eigenvalue weighted by Crippen LogP contribution is 2.21.